The van der Waals surface area contributed by atoms with Gasteiger partial charge in [0, 0.05) is 30.1 Å². The first kappa shape index (κ1) is 20.0. The zero-order chi connectivity index (χ0) is 21.3. The van der Waals surface area contributed by atoms with Crippen LogP contribution in [0.5, 0.6) is 5.75 Å². The van der Waals surface area contributed by atoms with E-state index >= 15 is 0 Å². The number of carbonyl (C=O) groups is 2. The van der Waals surface area contributed by atoms with Gasteiger partial charge in [0.05, 0.1) is 7.11 Å². The Balaban J connectivity index is 1.44. The van der Waals surface area contributed by atoms with Gasteiger partial charge in [-0.1, -0.05) is 17.4 Å². The third-order valence-corrected chi connectivity index (χ3v) is 6.01. The Kier molecular flexibility index (Phi) is 5.50. The lowest BCUT2D eigenvalue weighted by Crippen LogP contribution is -2.24. The Morgan fingerprint density at radius 1 is 1.13 bits per heavy atom. The van der Waals surface area contributed by atoms with Crippen molar-refractivity contribution >= 4 is 34.0 Å². The van der Waals surface area contributed by atoms with Crippen molar-refractivity contribution in [2.45, 2.75) is 26.2 Å². The van der Waals surface area contributed by atoms with Crippen LogP contribution < -0.4 is 15.0 Å². The van der Waals surface area contributed by atoms with E-state index in [2.05, 4.69) is 21.6 Å². The maximum atomic E-state index is 12.6. The fourth-order valence-corrected chi connectivity index (χ4v) is 4.42. The minimum Gasteiger partial charge on any atom is -0.497 e. The molecule has 1 saturated heterocycles. The van der Waals surface area contributed by atoms with Crippen molar-refractivity contribution in [2.75, 3.05) is 23.9 Å². The standard InChI is InChI=1S/C22H22N4O3S/c1-13-8-14(2)10-17(9-13)26-12-16(11-19(26)27)21-24-25-22(30-21)23-20(28)15-4-6-18(29-3)7-5-15/h4-10,16H,11-12H2,1-3H3,(H,23,25,28)/t16-/m1/s1. The SMILES string of the molecule is COc1ccc(C(=O)Nc2nnc([C@@H]3CC(=O)N(c4cc(C)cc(C)c4)C3)s2)cc1. The van der Waals surface area contributed by atoms with Gasteiger partial charge in [-0.2, -0.15) is 0 Å². The topological polar surface area (TPSA) is 84.4 Å². The number of aromatic nitrogens is 2. The number of anilines is 2. The van der Waals surface area contributed by atoms with E-state index < -0.39 is 0 Å². The molecule has 1 aromatic heterocycles. The highest BCUT2D eigenvalue weighted by Gasteiger charge is 2.34. The van der Waals surface area contributed by atoms with Crippen molar-refractivity contribution in [3.8, 4) is 5.75 Å². The first-order valence-corrected chi connectivity index (χ1v) is 10.4. The van der Waals surface area contributed by atoms with Gasteiger partial charge in [0.2, 0.25) is 11.0 Å². The highest BCUT2D eigenvalue weighted by molar-refractivity contribution is 7.15. The van der Waals surface area contributed by atoms with Crippen LogP contribution in [0.3, 0.4) is 0 Å². The molecule has 3 aromatic rings. The molecule has 2 aromatic carbocycles. The molecule has 0 aliphatic carbocycles. The lowest BCUT2D eigenvalue weighted by Gasteiger charge is -2.17. The van der Waals surface area contributed by atoms with Crippen molar-refractivity contribution in [3.63, 3.8) is 0 Å². The van der Waals surface area contributed by atoms with E-state index in [0.717, 1.165) is 21.8 Å². The summed E-state index contributed by atoms with van der Waals surface area (Å²) in [4.78, 5) is 26.8. The highest BCUT2D eigenvalue weighted by Crippen LogP contribution is 2.35. The number of methoxy groups -OCH3 is 1. The molecule has 2 heterocycles. The van der Waals surface area contributed by atoms with Crippen LogP contribution in [-0.4, -0.2) is 35.7 Å². The molecule has 2 amide bonds. The molecule has 0 radical (unpaired) electrons. The van der Waals surface area contributed by atoms with Gasteiger partial charge >= 0.3 is 0 Å². The van der Waals surface area contributed by atoms with Gasteiger partial charge in [0.25, 0.3) is 5.91 Å². The third kappa shape index (κ3) is 4.18. The van der Waals surface area contributed by atoms with Crippen LogP contribution in [0.1, 0.15) is 38.8 Å². The number of rotatable bonds is 5. The van der Waals surface area contributed by atoms with Crippen LogP contribution in [0.25, 0.3) is 0 Å². The lowest BCUT2D eigenvalue weighted by atomic mass is 10.1. The van der Waals surface area contributed by atoms with Gasteiger partial charge in [0.15, 0.2) is 0 Å². The minimum absolute atomic E-state index is 0.0394. The largest absolute Gasteiger partial charge is 0.497 e. The normalized spacial score (nSPS) is 16.0. The average Bonchev–Trinajstić information content (AvgIpc) is 3.33. The van der Waals surface area contributed by atoms with Crippen molar-refractivity contribution in [1.29, 1.82) is 0 Å². The number of hydrogen-bond acceptors (Lipinski definition) is 6. The Bertz CT molecular complexity index is 1070. The minimum atomic E-state index is -0.264. The van der Waals surface area contributed by atoms with Crippen LogP contribution in [0, 0.1) is 13.8 Å². The van der Waals surface area contributed by atoms with Crippen LogP contribution >= 0.6 is 11.3 Å². The van der Waals surface area contributed by atoms with Crippen molar-refractivity contribution in [1.82, 2.24) is 10.2 Å². The first-order chi connectivity index (χ1) is 14.4. The van der Waals surface area contributed by atoms with E-state index in [1.165, 1.54) is 11.3 Å². The molecule has 0 saturated carbocycles. The van der Waals surface area contributed by atoms with Gasteiger partial charge in [-0.3, -0.25) is 14.9 Å². The fourth-order valence-electron chi connectivity index (χ4n) is 3.59. The zero-order valence-electron chi connectivity index (χ0n) is 17.0. The highest BCUT2D eigenvalue weighted by atomic mass is 32.1. The van der Waals surface area contributed by atoms with Crippen LogP contribution in [0.2, 0.25) is 0 Å². The van der Waals surface area contributed by atoms with Crippen LogP contribution in [0.15, 0.2) is 42.5 Å². The lowest BCUT2D eigenvalue weighted by molar-refractivity contribution is -0.117. The number of ether oxygens (including phenoxy) is 1. The summed E-state index contributed by atoms with van der Waals surface area (Å²) >= 11 is 1.31. The van der Waals surface area contributed by atoms with E-state index in [1.807, 2.05) is 30.9 Å². The second kappa shape index (κ2) is 8.23. The second-order valence-corrected chi connectivity index (χ2v) is 8.39. The molecule has 0 spiro atoms. The molecule has 1 N–H and O–H groups in total. The van der Waals surface area contributed by atoms with Gasteiger partial charge in [-0.25, -0.2) is 0 Å². The predicted molar refractivity (Wildman–Crippen MR) is 116 cm³/mol. The van der Waals surface area contributed by atoms with Crippen molar-refractivity contribution in [3.05, 3.63) is 64.2 Å². The number of nitrogens with one attached hydrogen (secondary N) is 1. The Hall–Kier alpha value is -3.26. The third-order valence-electron chi connectivity index (χ3n) is 5.01. The Labute approximate surface area is 178 Å². The molecular weight excluding hydrogens is 400 g/mol. The summed E-state index contributed by atoms with van der Waals surface area (Å²) in [6.45, 7) is 4.61. The zero-order valence-corrected chi connectivity index (χ0v) is 17.8. The van der Waals surface area contributed by atoms with E-state index in [0.29, 0.717) is 29.4 Å². The summed E-state index contributed by atoms with van der Waals surface area (Å²) in [5.74, 6) is 0.454. The molecular formula is C22H22N4O3S. The maximum absolute atomic E-state index is 12.6. The molecule has 1 aliphatic heterocycles. The van der Waals surface area contributed by atoms with E-state index in [1.54, 1.807) is 31.4 Å². The second-order valence-electron chi connectivity index (χ2n) is 7.38. The van der Waals surface area contributed by atoms with Gasteiger partial charge in [-0.15, -0.1) is 10.2 Å². The summed E-state index contributed by atoms with van der Waals surface area (Å²) in [7, 11) is 1.58. The summed E-state index contributed by atoms with van der Waals surface area (Å²) in [6, 6.07) is 13.0. The molecule has 154 valence electrons. The van der Waals surface area contributed by atoms with Crippen molar-refractivity contribution in [2.24, 2.45) is 0 Å². The first-order valence-electron chi connectivity index (χ1n) is 9.60. The van der Waals surface area contributed by atoms with Crippen LogP contribution in [-0.2, 0) is 4.79 Å². The fraction of sp³-hybridized carbons (Fsp3) is 0.273. The number of nitrogens with zero attached hydrogens (tertiary/aromatic N) is 3. The molecule has 8 heteroatoms. The monoisotopic (exact) mass is 422 g/mol. The van der Waals surface area contributed by atoms with E-state index in [-0.39, 0.29) is 17.7 Å². The molecule has 7 nitrogen and oxygen atoms in total. The number of carbonyl (C=O) groups excluding carboxylic acids is 2. The summed E-state index contributed by atoms with van der Waals surface area (Å²) in [5, 5.41) is 12.3. The molecule has 0 bridgehead atoms. The Morgan fingerprint density at radius 3 is 2.50 bits per heavy atom. The molecule has 1 aliphatic rings. The van der Waals surface area contributed by atoms with E-state index in [4.69, 9.17) is 4.74 Å². The summed E-state index contributed by atoms with van der Waals surface area (Å²) in [6.07, 6.45) is 0.383. The van der Waals surface area contributed by atoms with Gasteiger partial charge < -0.3 is 9.64 Å². The van der Waals surface area contributed by atoms with Crippen LogP contribution in [0.4, 0.5) is 10.8 Å². The Morgan fingerprint density at radius 2 is 1.83 bits per heavy atom. The smallest absolute Gasteiger partial charge is 0.257 e. The number of aryl methyl sites for hydroxylation is 2. The number of hydrogen-bond donors (Lipinski definition) is 1. The average molecular weight is 423 g/mol. The molecule has 1 atom stereocenters. The van der Waals surface area contributed by atoms with Crippen molar-refractivity contribution < 1.29 is 14.3 Å². The maximum Gasteiger partial charge on any atom is 0.257 e. The van der Waals surface area contributed by atoms with E-state index in [9.17, 15) is 9.59 Å². The molecule has 1 fully saturated rings. The summed E-state index contributed by atoms with van der Waals surface area (Å²) < 4.78 is 5.11. The van der Waals surface area contributed by atoms with Gasteiger partial charge in [0.1, 0.15) is 10.8 Å². The molecule has 4 rings (SSSR count). The predicted octanol–water partition coefficient (Wildman–Crippen LogP) is 3.94. The molecule has 30 heavy (non-hydrogen) atoms. The number of benzene rings is 2. The number of amides is 2. The van der Waals surface area contributed by atoms with Gasteiger partial charge in [-0.05, 0) is 61.4 Å². The quantitative estimate of drug-likeness (QED) is 0.673. The summed E-state index contributed by atoms with van der Waals surface area (Å²) in [5.41, 5.74) is 3.67. The molecule has 0 unspecified atom stereocenters.